The van der Waals surface area contributed by atoms with Crippen molar-refractivity contribution in [3.05, 3.63) is 0 Å². The van der Waals surface area contributed by atoms with Crippen molar-refractivity contribution in [2.75, 3.05) is 20.1 Å². The fourth-order valence-electron chi connectivity index (χ4n) is 1.06. The number of nitrogens with zero attached hydrogens (tertiary/aromatic N) is 1. The van der Waals surface area contributed by atoms with E-state index >= 15 is 0 Å². The first kappa shape index (κ1) is 14.1. The molecule has 0 aromatic carbocycles. The molecule has 0 unspecified atom stereocenters. The van der Waals surface area contributed by atoms with Gasteiger partial charge in [0.2, 0.25) is 5.78 Å². The Morgan fingerprint density at radius 2 is 1.73 bits per heavy atom. The van der Waals surface area contributed by atoms with Gasteiger partial charge in [-0.1, -0.05) is 27.7 Å². The van der Waals surface area contributed by atoms with Gasteiger partial charge in [-0.05, 0) is 0 Å². The van der Waals surface area contributed by atoms with Gasteiger partial charge in [-0.15, -0.1) is 0 Å². The highest BCUT2D eigenvalue weighted by atomic mass is 16.2. The first-order valence-corrected chi connectivity index (χ1v) is 5.39. The highest BCUT2D eigenvalue weighted by Gasteiger charge is 2.20. The summed E-state index contributed by atoms with van der Waals surface area (Å²) in [6.45, 7) is 8.84. The average molecular weight is 214 g/mol. The minimum atomic E-state index is -0.393. The van der Waals surface area contributed by atoms with Crippen LogP contribution in [0.4, 0.5) is 0 Å². The minimum absolute atomic E-state index is 0.224. The van der Waals surface area contributed by atoms with Gasteiger partial charge in [0.15, 0.2) is 0 Å². The number of Topliss-reactive ketones (excluding diaryl/α,β-unsaturated/α-hetero) is 1. The zero-order valence-corrected chi connectivity index (χ0v) is 10.3. The van der Waals surface area contributed by atoms with E-state index in [0.717, 1.165) is 0 Å². The number of carbonyl (C=O) groups is 2. The van der Waals surface area contributed by atoms with E-state index in [0.29, 0.717) is 19.1 Å². The standard InChI is InChI=1S/C11H22N2O2/c1-8(2)10(14)11(15)13(5)7-6-12-9(3)4/h8-9,12H,6-7H2,1-5H3. The van der Waals surface area contributed by atoms with Gasteiger partial charge in [-0.3, -0.25) is 9.59 Å². The first-order valence-electron chi connectivity index (χ1n) is 5.39. The Hall–Kier alpha value is -0.900. The van der Waals surface area contributed by atoms with Crippen LogP contribution >= 0.6 is 0 Å². The topological polar surface area (TPSA) is 49.4 Å². The molecular formula is C11H22N2O2. The van der Waals surface area contributed by atoms with Gasteiger partial charge in [0.1, 0.15) is 0 Å². The second kappa shape index (κ2) is 6.56. The molecule has 0 bridgehead atoms. The third-order valence-corrected chi connectivity index (χ3v) is 2.08. The zero-order chi connectivity index (χ0) is 12.0. The number of rotatable bonds is 6. The predicted octanol–water partition coefficient (Wildman–Crippen LogP) is 0.668. The number of amides is 1. The van der Waals surface area contributed by atoms with Gasteiger partial charge < -0.3 is 10.2 Å². The second-order valence-electron chi connectivity index (χ2n) is 4.35. The van der Waals surface area contributed by atoms with Gasteiger partial charge in [-0.25, -0.2) is 0 Å². The molecule has 1 amide bonds. The summed E-state index contributed by atoms with van der Waals surface area (Å²) in [5.74, 6) is -0.935. The van der Waals surface area contributed by atoms with E-state index in [-0.39, 0.29) is 11.7 Å². The Bertz CT molecular complexity index is 225. The Balaban J connectivity index is 3.94. The van der Waals surface area contributed by atoms with Crippen molar-refractivity contribution in [2.24, 2.45) is 5.92 Å². The largest absolute Gasteiger partial charge is 0.338 e. The SMILES string of the molecule is CC(C)NCCN(C)C(=O)C(=O)C(C)C. The zero-order valence-electron chi connectivity index (χ0n) is 10.3. The molecule has 0 aliphatic carbocycles. The molecule has 0 heterocycles. The molecule has 4 nitrogen and oxygen atoms in total. The van der Waals surface area contributed by atoms with E-state index in [1.165, 1.54) is 4.90 Å². The number of carbonyl (C=O) groups excluding carboxylic acids is 2. The van der Waals surface area contributed by atoms with Crippen LogP contribution < -0.4 is 5.32 Å². The lowest BCUT2D eigenvalue weighted by Gasteiger charge is -2.18. The maximum Gasteiger partial charge on any atom is 0.289 e. The van der Waals surface area contributed by atoms with Gasteiger partial charge in [0.25, 0.3) is 5.91 Å². The molecule has 4 heteroatoms. The maximum atomic E-state index is 11.5. The molecule has 88 valence electrons. The van der Waals surface area contributed by atoms with Gasteiger partial charge in [0.05, 0.1) is 0 Å². The molecule has 1 N–H and O–H groups in total. The van der Waals surface area contributed by atoms with E-state index in [1.807, 2.05) is 13.8 Å². The third kappa shape index (κ3) is 5.52. The van der Waals surface area contributed by atoms with Crippen LogP contribution in [0.15, 0.2) is 0 Å². The fraction of sp³-hybridized carbons (Fsp3) is 0.818. The average Bonchev–Trinajstić information content (AvgIpc) is 2.14. The summed E-state index contributed by atoms with van der Waals surface area (Å²) in [7, 11) is 1.66. The highest BCUT2D eigenvalue weighted by Crippen LogP contribution is 1.97. The van der Waals surface area contributed by atoms with Crippen LogP contribution in [0.5, 0.6) is 0 Å². The molecule has 0 saturated carbocycles. The molecule has 15 heavy (non-hydrogen) atoms. The monoisotopic (exact) mass is 214 g/mol. The normalized spacial score (nSPS) is 10.9. The molecule has 0 aromatic rings. The summed E-state index contributed by atoms with van der Waals surface area (Å²) in [5.41, 5.74) is 0. The summed E-state index contributed by atoms with van der Waals surface area (Å²) in [5, 5.41) is 3.19. The van der Waals surface area contributed by atoms with Crippen molar-refractivity contribution in [3.63, 3.8) is 0 Å². The third-order valence-electron chi connectivity index (χ3n) is 2.08. The van der Waals surface area contributed by atoms with E-state index in [2.05, 4.69) is 5.32 Å². The van der Waals surface area contributed by atoms with Crippen LogP contribution in [-0.2, 0) is 9.59 Å². The van der Waals surface area contributed by atoms with Gasteiger partial charge in [0, 0.05) is 32.1 Å². The predicted molar refractivity (Wildman–Crippen MR) is 60.6 cm³/mol. The van der Waals surface area contributed by atoms with Crippen LogP contribution in [0.3, 0.4) is 0 Å². The van der Waals surface area contributed by atoms with E-state index in [9.17, 15) is 9.59 Å². The second-order valence-corrected chi connectivity index (χ2v) is 4.35. The van der Waals surface area contributed by atoms with Crippen LogP contribution in [0.2, 0.25) is 0 Å². The van der Waals surface area contributed by atoms with Gasteiger partial charge >= 0.3 is 0 Å². The molecular weight excluding hydrogens is 192 g/mol. The number of likely N-dealkylation sites (N-methyl/N-ethyl adjacent to an activating group) is 1. The van der Waals surface area contributed by atoms with Crippen LogP contribution in [-0.4, -0.2) is 42.8 Å². The lowest BCUT2D eigenvalue weighted by atomic mass is 10.1. The number of nitrogens with one attached hydrogen (secondary N) is 1. The summed E-state index contributed by atoms with van der Waals surface area (Å²) in [6.07, 6.45) is 0. The van der Waals surface area contributed by atoms with Crippen molar-refractivity contribution in [3.8, 4) is 0 Å². The lowest BCUT2D eigenvalue weighted by molar-refractivity contribution is -0.145. The molecule has 0 radical (unpaired) electrons. The molecule has 0 rings (SSSR count). The Morgan fingerprint density at radius 1 is 1.20 bits per heavy atom. The van der Waals surface area contributed by atoms with Crippen molar-refractivity contribution >= 4 is 11.7 Å². The summed E-state index contributed by atoms with van der Waals surface area (Å²) >= 11 is 0. The van der Waals surface area contributed by atoms with Crippen LogP contribution in [0.1, 0.15) is 27.7 Å². The van der Waals surface area contributed by atoms with Crippen molar-refractivity contribution in [1.82, 2.24) is 10.2 Å². The molecule has 0 aromatic heterocycles. The molecule has 0 spiro atoms. The Morgan fingerprint density at radius 3 is 2.13 bits per heavy atom. The van der Waals surface area contributed by atoms with Crippen molar-refractivity contribution in [1.29, 1.82) is 0 Å². The van der Waals surface area contributed by atoms with Crippen molar-refractivity contribution < 1.29 is 9.59 Å². The maximum absolute atomic E-state index is 11.5. The van der Waals surface area contributed by atoms with E-state index in [4.69, 9.17) is 0 Å². The Labute approximate surface area is 92.0 Å². The highest BCUT2D eigenvalue weighted by molar-refractivity contribution is 6.36. The summed E-state index contributed by atoms with van der Waals surface area (Å²) in [6, 6.07) is 0.398. The van der Waals surface area contributed by atoms with Gasteiger partial charge in [-0.2, -0.15) is 0 Å². The number of hydrogen-bond acceptors (Lipinski definition) is 3. The fourth-order valence-corrected chi connectivity index (χ4v) is 1.06. The van der Waals surface area contributed by atoms with E-state index in [1.54, 1.807) is 20.9 Å². The number of ketones is 1. The quantitative estimate of drug-likeness (QED) is 0.661. The molecule has 0 aliphatic rings. The first-order chi connectivity index (χ1) is 6.86. The smallest absolute Gasteiger partial charge is 0.289 e. The minimum Gasteiger partial charge on any atom is -0.338 e. The Kier molecular flexibility index (Phi) is 6.17. The van der Waals surface area contributed by atoms with E-state index < -0.39 is 5.91 Å². The van der Waals surface area contributed by atoms with Crippen molar-refractivity contribution in [2.45, 2.75) is 33.7 Å². The lowest BCUT2D eigenvalue weighted by Crippen LogP contribution is -2.40. The summed E-state index contributed by atoms with van der Waals surface area (Å²) in [4.78, 5) is 24.3. The van der Waals surface area contributed by atoms with Crippen LogP contribution in [0.25, 0.3) is 0 Å². The molecule has 0 aliphatic heterocycles. The summed E-state index contributed by atoms with van der Waals surface area (Å²) < 4.78 is 0. The molecule has 0 saturated heterocycles. The number of hydrogen-bond donors (Lipinski definition) is 1. The molecule has 0 atom stereocenters. The molecule has 0 fully saturated rings. The van der Waals surface area contributed by atoms with Crippen LogP contribution in [0, 0.1) is 5.92 Å².